The van der Waals surface area contributed by atoms with Crippen LogP contribution in [0.25, 0.3) is 11.1 Å². The third-order valence-electron chi connectivity index (χ3n) is 5.63. The lowest BCUT2D eigenvalue weighted by molar-refractivity contribution is 0.464. The molecule has 0 radical (unpaired) electrons. The van der Waals surface area contributed by atoms with E-state index in [9.17, 15) is 0 Å². The monoisotopic (exact) mass is 278 g/mol. The molecule has 1 spiro atoms. The lowest BCUT2D eigenvalue weighted by Gasteiger charge is -2.42. The Morgan fingerprint density at radius 2 is 1.20 bits per heavy atom. The maximum Gasteiger partial charge on any atom is 0.0474 e. The maximum absolute atomic E-state index is 2.56. The summed E-state index contributed by atoms with van der Waals surface area (Å²) in [6.45, 7) is 5.12. The van der Waals surface area contributed by atoms with Crippen LogP contribution in [0.3, 0.4) is 0 Å². The fourth-order valence-corrected chi connectivity index (χ4v) is 6.76. The summed E-state index contributed by atoms with van der Waals surface area (Å²) >= 11 is 0. The van der Waals surface area contributed by atoms with E-state index in [0.29, 0.717) is 5.41 Å². The van der Waals surface area contributed by atoms with Crippen molar-refractivity contribution in [2.75, 3.05) is 0 Å². The molecule has 2 aromatic rings. The topological polar surface area (TPSA) is 0 Å². The molecule has 4 rings (SSSR count). The molecule has 1 aliphatic carbocycles. The van der Waals surface area contributed by atoms with E-state index in [4.69, 9.17) is 0 Å². The molecule has 0 nitrogen and oxygen atoms in total. The van der Waals surface area contributed by atoms with Crippen LogP contribution in [0.2, 0.25) is 25.2 Å². The van der Waals surface area contributed by atoms with Gasteiger partial charge in [0.2, 0.25) is 0 Å². The van der Waals surface area contributed by atoms with E-state index in [0.717, 1.165) is 0 Å². The predicted octanol–water partition coefficient (Wildman–Crippen LogP) is 5.46. The molecule has 1 saturated heterocycles. The first-order valence-electron chi connectivity index (χ1n) is 7.82. The molecule has 0 N–H and O–H groups in total. The average molecular weight is 278 g/mol. The van der Waals surface area contributed by atoms with E-state index in [1.54, 1.807) is 11.1 Å². The number of fused-ring (bicyclic) bond motifs is 5. The van der Waals surface area contributed by atoms with Crippen LogP contribution in [0.5, 0.6) is 0 Å². The highest BCUT2D eigenvalue weighted by molar-refractivity contribution is 6.77. The zero-order chi connectivity index (χ0) is 13.8. The largest absolute Gasteiger partial charge is 0.0693 e. The van der Waals surface area contributed by atoms with Gasteiger partial charge in [-0.15, -0.1) is 0 Å². The fourth-order valence-electron chi connectivity index (χ4n) is 4.31. The minimum absolute atomic E-state index is 0.329. The first-order chi connectivity index (χ1) is 9.62. The van der Waals surface area contributed by atoms with Crippen LogP contribution in [-0.4, -0.2) is 8.07 Å². The van der Waals surface area contributed by atoms with Crippen LogP contribution >= 0.6 is 0 Å². The molecule has 1 heterocycles. The summed E-state index contributed by atoms with van der Waals surface area (Å²) in [6, 6.07) is 21.2. The highest BCUT2D eigenvalue weighted by atomic mass is 28.3. The van der Waals surface area contributed by atoms with Crippen LogP contribution in [0.4, 0.5) is 0 Å². The number of hydrogen-bond acceptors (Lipinski definition) is 0. The van der Waals surface area contributed by atoms with E-state index < -0.39 is 8.07 Å². The summed E-state index contributed by atoms with van der Waals surface area (Å²) in [4.78, 5) is 0. The van der Waals surface area contributed by atoms with Crippen molar-refractivity contribution >= 4 is 8.07 Å². The lowest BCUT2D eigenvalue weighted by Crippen LogP contribution is -2.39. The first kappa shape index (κ1) is 12.4. The van der Waals surface area contributed by atoms with Gasteiger partial charge >= 0.3 is 0 Å². The molecule has 20 heavy (non-hydrogen) atoms. The normalized spacial score (nSPS) is 21.5. The highest BCUT2D eigenvalue weighted by Gasteiger charge is 2.46. The molecular formula is C19H22Si. The summed E-state index contributed by atoms with van der Waals surface area (Å²) in [6.07, 6.45) is 2.72. The van der Waals surface area contributed by atoms with Gasteiger partial charge < -0.3 is 0 Å². The Hall–Kier alpha value is -1.34. The third-order valence-corrected chi connectivity index (χ3v) is 8.84. The minimum Gasteiger partial charge on any atom is -0.0693 e. The van der Waals surface area contributed by atoms with Crippen LogP contribution < -0.4 is 0 Å². The van der Waals surface area contributed by atoms with Crippen molar-refractivity contribution in [3.63, 3.8) is 0 Å². The highest BCUT2D eigenvalue weighted by Crippen LogP contribution is 2.56. The average Bonchev–Trinajstić information content (AvgIpc) is 2.74. The smallest absolute Gasteiger partial charge is 0.0474 e. The number of benzene rings is 2. The van der Waals surface area contributed by atoms with Crippen LogP contribution in [-0.2, 0) is 5.41 Å². The van der Waals surface area contributed by atoms with E-state index >= 15 is 0 Å². The zero-order valence-electron chi connectivity index (χ0n) is 12.4. The second kappa shape index (κ2) is 4.08. The van der Waals surface area contributed by atoms with Crippen molar-refractivity contribution in [2.45, 2.75) is 43.4 Å². The van der Waals surface area contributed by atoms with E-state index in [1.165, 1.54) is 36.1 Å². The number of rotatable bonds is 0. The fraction of sp³-hybridized carbons (Fsp3) is 0.368. The second-order valence-corrected chi connectivity index (χ2v) is 12.7. The molecule has 1 fully saturated rings. The summed E-state index contributed by atoms with van der Waals surface area (Å²) in [7, 11) is -0.927. The number of hydrogen-bond donors (Lipinski definition) is 0. The van der Waals surface area contributed by atoms with Crippen molar-refractivity contribution in [1.29, 1.82) is 0 Å². The molecule has 0 amide bonds. The standard InChI is InChI=1S/C19H22Si/c1-20(2)13-11-19(12-14-20)17-9-5-3-7-15(17)16-8-4-6-10-18(16)19/h3-10H,11-14H2,1-2H3. The van der Waals surface area contributed by atoms with Gasteiger partial charge in [0.1, 0.15) is 0 Å². The summed E-state index contributed by atoms with van der Waals surface area (Å²) in [5.74, 6) is 0. The molecule has 0 unspecified atom stereocenters. The van der Waals surface area contributed by atoms with Crippen molar-refractivity contribution in [1.82, 2.24) is 0 Å². The minimum atomic E-state index is -0.927. The van der Waals surface area contributed by atoms with Gasteiger partial charge in [0, 0.05) is 13.5 Å². The van der Waals surface area contributed by atoms with E-state index in [-0.39, 0.29) is 0 Å². The van der Waals surface area contributed by atoms with Gasteiger partial charge in [-0.2, -0.15) is 0 Å². The maximum atomic E-state index is 2.56. The molecule has 1 aliphatic heterocycles. The molecule has 0 bridgehead atoms. The zero-order valence-corrected chi connectivity index (χ0v) is 13.4. The Labute approximate surface area is 122 Å². The predicted molar refractivity (Wildman–Crippen MR) is 89.0 cm³/mol. The van der Waals surface area contributed by atoms with Crippen molar-refractivity contribution in [2.24, 2.45) is 0 Å². The Morgan fingerprint density at radius 3 is 1.70 bits per heavy atom. The van der Waals surface area contributed by atoms with Gasteiger partial charge in [0.05, 0.1) is 0 Å². The molecule has 1 heteroatoms. The lowest BCUT2D eigenvalue weighted by atomic mass is 9.73. The summed E-state index contributed by atoms with van der Waals surface area (Å²) in [5, 5.41) is 0. The van der Waals surface area contributed by atoms with Gasteiger partial charge in [0.15, 0.2) is 0 Å². The molecule has 2 aliphatic rings. The van der Waals surface area contributed by atoms with Gasteiger partial charge in [-0.05, 0) is 35.1 Å². The van der Waals surface area contributed by atoms with Gasteiger partial charge in [-0.25, -0.2) is 0 Å². The Morgan fingerprint density at radius 1 is 0.750 bits per heavy atom. The van der Waals surface area contributed by atoms with Crippen LogP contribution in [0.15, 0.2) is 48.5 Å². The molecule has 0 saturated carbocycles. The van der Waals surface area contributed by atoms with Gasteiger partial charge in [0.25, 0.3) is 0 Å². The van der Waals surface area contributed by atoms with Crippen molar-refractivity contribution in [3.8, 4) is 11.1 Å². The van der Waals surface area contributed by atoms with Crippen molar-refractivity contribution < 1.29 is 0 Å². The van der Waals surface area contributed by atoms with Gasteiger partial charge in [-0.3, -0.25) is 0 Å². The van der Waals surface area contributed by atoms with Gasteiger partial charge in [-0.1, -0.05) is 73.7 Å². The third kappa shape index (κ3) is 1.59. The SMILES string of the molecule is C[Si]1(C)CCC2(CC1)c1ccccc1-c1ccccc12. The molecule has 0 atom stereocenters. The van der Waals surface area contributed by atoms with E-state index in [2.05, 4.69) is 61.6 Å². The summed E-state index contributed by atoms with van der Waals surface area (Å²) < 4.78 is 0. The Kier molecular flexibility index (Phi) is 2.53. The molecule has 0 aromatic heterocycles. The van der Waals surface area contributed by atoms with Crippen LogP contribution in [0, 0.1) is 0 Å². The molecule has 102 valence electrons. The first-order valence-corrected chi connectivity index (χ1v) is 11.2. The van der Waals surface area contributed by atoms with Crippen LogP contribution in [0.1, 0.15) is 24.0 Å². The van der Waals surface area contributed by atoms with Crippen molar-refractivity contribution in [3.05, 3.63) is 59.7 Å². The Bertz CT molecular complexity index is 611. The second-order valence-electron chi connectivity index (χ2n) is 7.34. The molecule has 2 aromatic carbocycles. The Balaban J connectivity index is 1.92. The molecular weight excluding hydrogens is 256 g/mol. The van der Waals surface area contributed by atoms with E-state index in [1.807, 2.05) is 0 Å². The quantitative estimate of drug-likeness (QED) is 0.562. The summed E-state index contributed by atoms with van der Waals surface area (Å²) in [5.41, 5.74) is 6.51.